The quantitative estimate of drug-likeness (QED) is 0.396. The van der Waals surface area contributed by atoms with Gasteiger partial charge in [-0.25, -0.2) is 4.79 Å². The summed E-state index contributed by atoms with van der Waals surface area (Å²) in [5, 5.41) is 0. The zero-order valence-electron chi connectivity index (χ0n) is 21.8. The minimum atomic E-state index is -0.657. The Hall–Kier alpha value is -2.33. The van der Waals surface area contributed by atoms with Crippen LogP contribution in [0.4, 0.5) is 4.79 Å². The molecule has 0 N–H and O–H groups in total. The molecule has 30 heavy (non-hydrogen) atoms. The maximum atomic E-state index is 9.74. The van der Waals surface area contributed by atoms with Crippen LogP contribution in [-0.4, -0.2) is 34.6 Å². The average Bonchev–Trinajstić information content (AvgIpc) is 2.86. The third kappa shape index (κ3) is 83.6. The molecule has 0 aromatic heterocycles. The Morgan fingerprint density at radius 3 is 0.633 bits per heavy atom. The second-order valence-corrected chi connectivity index (χ2v) is 4.08. The zero-order valence-corrected chi connectivity index (χ0v) is 21.8. The fourth-order valence-corrected chi connectivity index (χ4v) is 0.853. The third-order valence-corrected chi connectivity index (χ3v) is 1.67. The lowest BCUT2D eigenvalue weighted by Crippen LogP contribution is -1.97. The second-order valence-electron chi connectivity index (χ2n) is 4.08. The maximum absolute atomic E-state index is 9.74. The van der Waals surface area contributed by atoms with Gasteiger partial charge in [-0.3, -0.25) is 0 Å². The molecule has 0 aliphatic heterocycles. The van der Waals surface area contributed by atoms with Crippen molar-refractivity contribution in [1.29, 1.82) is 0 Å². The first-order valence-corrected chi connectivity index (χ1v) is 10.7. The fourth-order valence-electron chi connectivity index (χ4n) is 0.853. The topological polar surface area (TPSA) is 44.8 Å². The summed E-state index contributed by atoms with van der Waals surface area (Å²) in [7, 11) is 5.76. The normalized spacial score (nSPS) is 6.40. The lowest BCUT2D eigenvalue weighted by molar-refractivity contribution is 0.0924. The molecule has 0 atom stereocenters. The van der Waals surface area contributed by atoms with Crippen LogP contribution in [0.3, 0.4) is 0 Å². The Kier molecular flexibility index (Phi) is 88.4. The summed E-state index contributed by atoms with van der Waals surface area (Å²) in [6, 6.07) is 24.0. The molecule has 0 spiro atoms. The maximum Gasteiger partial charge on any atom is 0.507 e. The summed E-state index contributed by atoms with van der Waals surface area (Å²) >= 11 is 0. The van der Waals surface area contributed by atoms with Gasteiger partial charge in [0.2, 0.25) is 0 Å². The van der Waals surface area contributed by atoms with Crippen LogP contribution >= 0.6 is 0 Å². The van der Waals surface area contributed by atoms with Gasteiger partial charge in [-0.2, -0.15) is 0 Å². The number of methoxy groups -OCH3 is 3. The van der Waals surface area contributed by atoms with E-state index in [4.69, 9.17) is 0 Å². The highest BCUT2D eigenvalue weighted by atomic mass is 16.7. The molecule has 4 nitrogen and oxygen atoms in total. The minimum absolute atomic E-state index is 0.657. The van der Waals surface area contributed by atoms with Gasteiger partial charge in [0.1, 0.15) is 0 Å². The Bertz CT molecular complexity index is 313. The van der Waals surface area contributed by atoms with Crippen LogP contribution in [0, 0.1) is 0 Å². The Morgan fingerprint density at radius 1 is 0.500 bits per heavy atom. The zero-order chi connectivity index (χ0) is 24.9. The Morgan fingerprint density at radius 2 is 0.600 bits per heavy atom. The van der Waals surface area contributed by atoms with E-state index in [-0.39, 0.29) is 0 Å². The lowest BCUT2D eigenvalue weighted by atomic mass is 10.4. The predicted molar refractivity (Wildman–Crippen MR) is 135 cm³/mol. The molecule has 2 aromatic carbocycles. The molecule has 0 amide bonds. The van der Waals surface area contributed by atoms with Crippen molar-refractivity contribution in [2.75, 3.05) is 28.4 Å². The third-order valence-electron chi connectivity index (χ3n) is 1.67. The molecule has 0 saturated heterocycles. The largest absolute Gasteiger partial charge is 0.507 e. The molecule has 0 aliphatic carbocycles. The van der Waals surface area contributed by atoms with Crippen LogP contribution in [0.5, 0.6) is 0 Å². The summed E-state index contributed by atoms with van der Waals surface area (Å²) in [5.74, 6) is 0. The first kappa shape index (κ1) is 41.9. The molecule has 0 unspecified atom stereocenters. The molecule has 178 valence electrons. The monoisotopic (exact) mass is 426 g/mol. The highest BCUT2D eigenvalue weighted by Gasteiger charge is 1.88. The molecule has 0 heterocycles. The van der Waals surface area contributed by atoms with Gasteiger partial charge in [-0.1, -0.05) is 135 Å². The van der Waals surface area contributed by atoms with Crippen molar-refractivity contribution >= 4 is 6.16 Å². The van der Waals surface area contributed by atoms with Gasteiger partial charge < -0.3 is 14.2 Å². The van der Waals surface area contributed by atoms with Crippen molar-refractivity contribution in [3.63, 3.8) is 0 Å². The van der Waals surface area contributed by atoms with Gasteiger partial charge >= 0.3 is 6.16 Å². The van der Waals surface area contributed by atoms with Crippen molar-refractivity contribution < 1.29 is 19.0 Å². The van der Waals surface area contributed by atoms with Crippen molar-refractivity contribution in [1.82, 2.24) is 0 Å². The minimum Gasteiger partial charge on any atom is -0.438 e. The lowest BCUT2D eigenvalue weighted by Gasteiger charge is -1.89. The van der Waals surface area contributed by atoms with E-state index in [0.29, 0.717) is 0 Å². The average molecular weight is 427 g/mol. The number of carbonyl (C=O) groups excluding carboxylic acids is 1. The molecule has 2 rings (SSSR count). The predicted octanol–water partition coefficient (Wildman–Crippen LogP) is 8.53. The van der Waals surface area contributed by atoms with Gasteiger partial charge in [0.15, 0.2) is 0 Å². The SMILES string of the molecule is CC.CC.CC.CCC.COC.COC(=O)OC.c1ccccc1.c1ccccc1. The molecule has 0 aliphatic rings. The van der Waals surface area contributed by atoms with Gasteiger partial charge in [0.05, 0.1) is 14.2 Å². The number of benzene rings is 2. The molecule has 0 bridgehead atoms. The van der Waals surface area contributed by atoms with Gasteiger partial charge in [-0.15, -0.1) is 0 Å². The van der Waals surface area contributed by atoms with E-state index in [1.807, 2.05) is 114 Å². The molecular formula is C26H50O4. The molecule has 2 aromatic rings. The van der Waals surface area contributed by atoms with E-state index in [0.717, 1.165) is 0 Å². The first-order valence-electron chi connectivity index (χ1n) is 10.7. The summed E-state index contributed by atoms with van der Waals surface area (Å²) in [6.45, 7) is 16.2. The van der Waals surface area contributed by atoms with Crippen molar-refractivity contribution in [2.24, 2.45) is 0 Å². The summed E-state index contributed by atoms with van der Waals surface area (Å²) < 4.78 is 12.3. The number of hydrogen-bond donors (Lipinski definition) is 0. The number of rotatable bonds is 0. The summed E-state index contributed by atoms with van der Waals surface area (Å²) in [6.07, 6.45) is 0.593. The Balaban J connectivity index is -0.0000000578. The molecule has 4 heteroatoms. The van der Waals surface area contributed by atoms with Gasteiger partial charge in [0, 0.05) is 14.2 Å². The summed E-state index contributed by atoms with van der Waals surface area (Å²) in [4.78, 5) is 9.74. The van der Waals surface area contributed by atoms with E-state index in [1.165, 1.54) is 20.6 Å². The highest BCUT2D eigenvalue weighted by Crippen LogP contribution is 1.80. The van der Waals surface area contributed by atoms with Crippen LogP contribution < -0.4 is 0 Å². The second kappa shape index (κ2) is 63.2. The van der Waals surface area contributed by atoms with Crippen LogP contribution in [0.1, 0.15) is 61.8 Å². The summed E-state index contributed by atoms with van der Waals surface area (Å²) in [5.41, 5.74) is 0. The van der Waals surface area contributed by atoms with Crippen LogP contribution in [0.15, 0.2) is 72.8 Å². The smallest absolute Gasteiger partial charge is 0.438 e. The molecule has 0 saturated carbocycles. The Labute approximate surface area is 188 Å². The highest BCUT2D eigenvalue weighted by molar-refractivity contribution is 5.59. The van der Waals surface area contributed by atoms with E-state index in [9.17, 15) is 4.79 Å². The van der Waals surface area contributed by atoms with Crippen molar-refractivity contribution in [2.45, 2.75) is 61.8 Å². The molecule has 0 fully saturated rings. The van der Waals surface area contributed by atoms with E-state index in [2.05, 4.69) is 28.1 Å². The molecule has 0 radical (unpaired) electrons. The first-order chi connectivity index (χ1) is 14.6. The van der Waals surface area contributed by atoms with E-state index >= 15 is 0 Å². The van der Waals surface area contributed by atoms with Crippen molar-refractivity contribution in [3.8, 4) is 0 Å². The van der Waals surface area contributed by atoms with Crippen LogP contribution in [0.25, 0.3) is 0 Å². The number of hydrogen-bond acceptors (Lipinski definition) is 4. The van der Waals surface area contributed by atoms with Gasteiger partial charge in [0.25, 0.3) is 0 Å². The number of ether oxygens (including phenoxy) is 3. The van der Waals surface area contributed by atoms with Crippen LogP contribution in [0.2, 0.25) is 0 Å². The van der Waals surface area contributed by atoms with Crippen molar-refractivity contribution in [3.05, 3.63) is 72.8 Å². The molecular weight excluding hydrogens is 376 g/mol. The van der Waals surface area contributed by atoms with E-state index in [1.54, 1.807) is 14.2 Å². The number of carbonyl (C=O) groups is 1. The fraction of sp³-hybridized carbons (Fsp3) is 0.500. The standard InChI is InChI=1S/2C6H6.C3H6O3.C3H8.C2H6O.3C2H6/c2*1-2-4-6-5-3-1;1-5-3(4)6-2;2*1-3-2;3*1-2/h2*1-6H;1-2H3;3H2,1-2H3;1-2H3;3*1-2H3. The van der Waals surface area contributed by atoms with Gasteiger partial charge in [-0.05, 0) is 0 Å². The van der Waals surface area contributed by atoms with E-state index < -0.39 is 6.16 Å². The van der Waals surface area contributed by atoms with Crippen LogP contribution in [-0.2, 0) is 14.2 Å².